The average molecular weight is 349 g/mol. The Bertz CT molecular complexity index is 558. The number of rotatable bonds is 6. The third-order valence-electron chi connectivity index (χ3n) is 4.17. The van der Waals surface area contributed by atoms with Crippen LogP contribution in [0.25, 0.3) is 0 Å². The molecule has 2 aliphatic rings. The Kier molecular flexibility index (Phi) is 4.90. The molecule has 1 aliphatic heterocycles. The number of hydrogen-bond acceptors (Lipinski definition) is 3. The van der Waals surface area contributed by atoms with Crippen molar-refractivity contribution in [2.75, 3.05) is 19.0 Å². The summed E-state index contributed by atoms with van der Waals surface area (Å²) in [5.74, 6) is 0.832. The van der Waals surface area contributed by atoms with E-state index in [1.807, 2.05) is 17.5 Å². The molecule has 2 fully saturated rings. The highest BCUT2D eigenvalue weighted by molar-refractivity contribution is 7.86. The standard InChI is InChI=1S/C14H21ClN2O2S2/c15-9-12-3-1-7-16(10-12)21(18,19)17(13-5-6-13)11-14-4-2-8-20-14/h2,4,8,12-13H,1,3,5-7,9-11H2. The van der Waals surface area contributed by atoms with Gasteiger partial charge in [0.25, 0.3) is 10.2 Å². The second-order valence-corrected chi connectivity index (χ2v) is 9.11. The third-order valence-corrected chi connectivity index (χ3v) is 7.47. The van der Waals surface area contributed by atoms with E-state index < -0.39 is 10.2 Å². The molecule has 7 heteroatoms. The predicted octanol–water partition coefficient (Wildman–Crippen LogP) is 2.91. The van der Waals surface area contributed by atoms with Crippen LogP contribution >= 0.6 is 22.9 Å². The van der Waals surface area contributed by atoms with Gasteiger partial charge in [0.15, 0.2) is 0 Å². The van der Waals surface area contributed by atoms with Crippen molar-refractivity contribution in [3.8, 4) is 0 Å². The van der Waals surface area contributed by atoms with Gasteiger partial charge in [-0.1, -0.05) is 6.07 Å². The highest BCUT2D eigenvalue weighted by Crippen LogP contribution is 2.34. The molecule has 0 radical (unpaired) electrons. The van der Waals surface area contributed by atoms with Gasteiger partial charge in [-0.25, -0.2) is 0 Å². The van der Waals surface area contributed by atoms with Crippen molar-refractivity contribution in [1.29, 1.82) is 0 Å². The molecule has 0 spiro atoms. The maximum Gasteiger partial charge on any atom is 0.282 e. The number of halogens is 1. The van der Waals surface area contributed by atoms with E-state index in [4.69, 9.17) is 11.6 Å². The number of nitrogens with zero attached hydrogens (tertiary/aromatic N) is 2. The van der Waals surface area contributed by atoms with Crippen LogP contribution in [0.3, 0.4) is 0 Å². The molecule has 1 saturated heterocycles. The van der Waals surface area contributed by atoms with E-state index in [1.165, 1.54) is 0 Å². The van der Waals surface area contributed by atoms with Crippen molar-refractivity contribution in [3.05, 3.63) is 22.4 Å². The van der Waals surface area contributed by atoms with Gasteiger partial charge in [0.1, 0.15) is 0 Å². The molecule has 21 heavy (non-hydrogen) atoms. The lowest BCUT2D eigenvalue weighted by Crippen LogP contribution is -2.48. The van der Waals surface area contributed by atoms with Gasteiger partial charge in [0.05, 0.1) is 0 Å². The fourth-order valence-corrected chi connectivity index (χ4v) is 5.81. The lowest BCUT2D eigenvalue weighted by atomic mass is 10.0. The SMILES string of the molecule is O=S(=O)(N1CCCC(CCl)C1)N(Cc1cccs1)C1CC1. The molecule has 4 nitrogen and oxygen atoms in total. The summed E-state index contributed by atoms with van der Waals surface area (Å²) in [6.45, 7) is 1.70. The average Bonchev–Trinajstić information content (AvgIpc) is 3.20. The van der Waals surface area contributed by atoms with Crippen LogP contribution in [0.15, 0.2) is 17.5 Å². The molecule has 1 aromatic rings. The van der Waals surface area contributed by atoms with Gasteiger partial charge in [-0.3, -0.25) is 0 Å². The lowest BCUT2D eigenvalue weighted by Gasteiger charge is -2.35. The van der Waals surface area contributed by atoms with Crippen molar-refractivity contribution in [1.82, 2.24) is 8.61 Å². The molecule has 1 atom stereocenters. The Hall–Kier alpha value is -0.140. The van der Waals surface area contributed by atoms with Crippen molar-refractivity contribution < 1.29 is 8.42 Å². The zero-order valence-corrected chi connectivity index (χ0v) is 14.3. The normalized spacial score (nSPS) is 24.6. The molecule has 1 unspecified atom stereocenters. The number of thiophene rings is 1. The van der Waals surface area contributed by atoms with Crippen LogP contribution in [0.5, 0.6) is 0 Å². The van der Waals surface area contributed by atoms with E-state index in [0.717, 1.165) is 30.6 Å². The molecule has 1 saturated carbocycles. The number of hydrogen-bond donors (Lipinski definition) is 0. The van der Waals surface area contributed by atoms with Crippen molar-refractivity contribution in [3.63, 3.8) is 0 Å². The molecule has 2 heterocycles. The van der Waals surface area contributed by atoms with Gasteiger partial charge < -0.3 is 0 Å². The van der Waals surface area contributed by atoms with Crippen LogP contribution in [0, 0.1) is 5.92 Å². The second-order valence-electron chi connectivity index (χ2n) is 5.88. The first kappa shape index (κ1) is 15.7. The van der Waals surface area contributed by atoms with Crippen LogP contribution in [0.1, 0.15) is 30.6 Å². The molecule has 118 valence electrons. The molecular weight excluding hydrogens is 328 g/mol. The highest BCUT2D eigenvalue weighted by Gasteiger charge is 2.41. The molecule has 0 aromatic carbocycles. The van der Waals surface area contributed by atoms with Gasteiger partial charge in [-0.15, -0.1) is 22.9 Å². The molecule has 1 aromatic heterocycles. The van der Waals surface area contributed by atoms with Crippen LogP contribution in [-0.2, 0) is 16.8 Å². The Morgan fingerprint density at radius 1 is 1.38 bits per heavy atom. The van der Waals surface area contributed by atoms with E-state index in [1.54, 1.807) is 19.9 Å². The molecule has 3 rings (SSSR count). The first-order chi connectivity index (χ1) is 10.1. The quantitative estimate of drug-likeness (QED) is 0.742. The largest absolute Gasteiger partial charge is 0.282 e. The Morgan fingerprint density at radius 3 is 2.81 bits per heavy atom. The minimum atomic E-state index is -3.37. The monoisotopic (exact) mass is 348 g/mol. The predicted molar refractivity (Wildman–Crippen MR) is 86.8 cm³/mol. The zero-order chi connectivity index (χ0) is 14.9. The Morgan fingerprint density at radius 2 is 2.19 bits per heavy atom. The van der Waals surface area contributed by atoms with Crippen LogP contribution in [-0.4, -0.2) is 42.0 Å². The van der Waals surface area contributed by atoms with Gasteiger partial charge in [-0.2, -0.15) is 17.0 Å². The van der Waals surface area contributed by atoms with Crippen LogP contribution < -0.4 is 0 Å². The van der Waals surface area contributed by atoms with E-state index in [0.29, 0.717) is 25.5 Å². The Labute approximate surface area is 135 Å². The second kappa shape index (κ2) is 6.54. The molecule has 0 bridgehead atoms. The summed E-state index contributed by atoms with van der Waals surface area (Å²) in [5, 5.41) is 2.00. The van der Waals surface area contributed by atoms with Crippen molar-refractivity contribution >= 4 is 33.1 Å². The van der Waals surface area contributed by atoms with E-state index in [9.17, 15) is 8.42 Å². The maximum atomic E-state index is 13.0. The minimum absolute atomic E-state index is 0.188. The highest BCUT2D eigenvalue weighted by atomic mass is 35.5. The third kappa shape index (κ3) is 3.62. The first-order valence-corrected chi connectivity index (χ1v) is 10.3. The lowest BCUT2D eigenvalue weighted by molar-refractivity contribution is 0.256. The first-order valence-electron chi connectivity index (χ1n) is 7.46. The number of alkyl halides is 1. The van der Waals surface area contributed by atoms with Crippen molar-refractivity contribution in [2.45, 2.75) is 38.3 Å². The van der Waals surface area contributed by atoms with E-state index in [-0.39, 0.29) is 12.0 Å². The van der Waals surface area contributed by atoms with E-state index in [2.05, 4.69) is 0 Å². The Balaban J connectivity index is 1.77. The molecule has 1 aliphatic carbocycles. The molecule has 0 N–H and O–H groups in total. The molecular formula is C14H21ClN2O2S2. The summed E-state index contributed by atoms with van der Waals surface area (Å²) in [7, 11) is -3.37. The van der Waals surface area contributed by atoms with Gasteiger partial charge >= 0.3 is 0 Å². The van der Waals surface area contributed by atoms with Gasteiger partial charge in [0.2, 0.25) is 0 Å². The fourth-order valence-electron chi connectivity index (χ4n) is 2.83. The summed E-state index contributed by atoms with van der Waals surface area (Å²) in [6.07, 6.45) is 3.91. The summed E-state index contributed by atoms with van der Waals surface area (Å²) >= 11 is 7.55. The van der Waals surface area contributed by atoms with Crippen LogP contribution in [0.4, 0.5) is 0 Å². The van der Waals surface area contributed by atoms with Crippen molar-refractivity contribution in [2.24, 2.45) is 5.92 Å². The van der Waals surface area contributed by atoms with Gasteiger partial charge in [0, 0.05) is 36.4 Å². The smallest absolute Gasteiger partial charge is 0.195 e. The number of piperidine rings is 1. The summed E-state index contributed by atoms with van der Waals surface area (Å²) in [4.78, 5) is 1.11. The maximum absolute atomic E-state index is 13.0. The topological polar surface area (TPSA) is 40.6 Å². The zero-order valence-electron chi connectivity index (χ0n) is 11.9. The fraction of sp³-hybridized carbons (Fsp3) is 0.714. The summed E-state index contributed by atoms with van der Waals surface area (Å²) in [5.41, 5.74) is 0. The minimum Gasteiger partial charge on any atom is -0.195 e. The van der Waals surface area contributed by atoms with E-state index >= 15 is 0 Å². The van der Waals surface area contributed by atoms with Gasteiger partial charge in [-0.05, 0) is 43.0 Å². The summed E-state index contributed by atoms with van der Waals surface area (Å²) in [6, 6.07) is 4.17. The van der Waals surface area contributed by atoms with Crippen LogP contribution in [0.2, 0.25) is 0 Å². The summed E-state index contributed by atoms with van der Waals surface area (Å²) < 4.78 is 29.3. The molecule has 0 amide bonds.